The number of aromatic nitrogens is 2. The van der Waals surface area contributed by atoms with Gasteiger partial charge in [0.25, 0.3) is 0 Å². The predicted molar refractivity (Wildman–Crippen MR) is 129 cm³/mol. The Kier molecular flexibility index (Phi) is 5.79. The van der Waals surface area contributed by atoms with Crippen LogP contribution < -0.4 is 10.6 Å². The highest BCUT2D eigenvalue weighted by Crippen LogP contribution is 2.30. The molecule has 1 aromatic heterocycles. The number of carbonyl (C=O) groups excluding carboxylic acids is 1. The van der Waals surface area contributed by atoms with Crippen molar-refractivity contribution in [3.63, 3.8) is 0 Å². The summed E-state index contributed by atoms with van der Waals surface area (Å²) in [4.78, 5) is 16.3. The fourth-order valence-corrected chi connectivity index (χ4v) is 4.42. The van der Waals surface area contributed by atoms with Gasteiger partial charge in [0.2, 0.25) is 0 Å². The molecule has 0 saturated carbocycles. The first kappa shape index (κ1) is 21.2. The Morgan fingerprint density at radius 1 is 0.909 bits per heavy atom. The third-order valence-electron chi connectivity index (χ3n) is 6.16. The fourth-order valence-electron chi connectivity index (χ4n) is 4.42. The summed E-state index contributed by atoms with van der Waals surface area (Å²) in [6.07, 6.45) is 4.57. The van der Waals surface area contributed by atoms with Crippen molar-refractivity contribution in [2.75, 3.05) is 24.5 Å². The smallest absolute Gasteiger partial charge is 0.323 e. The highest BCUT2D eigenvalue weighted by atomic mass is 19.1. The van der Waals surface area contributed by atoms with Crippen LogP contribution in [0.2, 0.25) is 0 Å². The number of nitrogens with zero attached hydrogens (tertiary/aromatic N) is 4. The summed E-state index contributed by atoms with van der Waals surface area (Å²) in [6, 6.07) is 18.9. The van der Waals surface area contributed by atoms with Crippen molar-refractivity contribution in [1.82, 2.24) is 14.7 Å². The number of urea groups is 1. The second kappa shape index (κ2) is 9.03. The lowest BCUT2D eigenvalue weighted by atomic mass is 10.1. The Labute approximate surface area is 192 Å². The average Bonchev–Trinajstić information content (AvgIpc) is 3.48. The van der Waals surface area contributed by atoms with Crippen LogP contribution in [0.15, 0.2) is 72.9 Å². The lowest BCUT2D eigenvalue weighted by Gasteiger charge is -2.21. The van der Waals surface area contributed by atoms with Gasteiger partial charge in [-0.25, -0.2) is 9.18 Å². The molecule has 0 bridgehead atoms. The number of primary amides is 1. The highest BCUT2D eigenvalue weighted by molar-refractivity contribution is 6.00. The quantitative estimate of drug-likeness (QED) is 0.448. The molecule has 0 spiro atoms. The first-order valence-electron chi connectivity index (χ1n) is 11.2. The minimum absolute atomic E-state index is 0.273. The Morgan fingerprint density at radius 3 is 2.21 bits per heavy atom. The van der Waals surface area contributed by atoms with E-state index in [0.29, 0.717) is 11.4 Å². The first-order valence-corrected chi connectivity index (χ1v) is 11.2. The molecule has 0 atom stereocenters. The van der Waals surface area contributed by atoms with E-state index in [0.717, 1.165) is 35.1 Å². The van der Waals surface area contributed by atoms with Gasteiger partial charge < -0.3 is 10.6 Å². The van der Waals surface area contributed by atoms with Crippen molar-refractivity contribution in [1.29, 1.82) is 0 Å². The molecular formula is C26H26FN5O. The Bertz CT molecular complexity index is 1260. The Hall–Kier alpha value is -3.71. The SMILES string of the molecule is NC(=O)N(c1ccc(-c2ccc(F)cc2)cc1)c1ccc2nn(CCN3CCCC3)cc2c1. The third-order valence-corrected chi connectivity index (χ3v) is 6.16. The molecule has 0 unspecified atom stereocenters. The van der Waals surface area contributed by atoms with Crippen LogP contribution in [0.25, 0.3) is 22.0 Å². The first-order chi connectivity index (χ1) is 16.1. The Morgan fingerprint density at radius 2 is 1.55 bits per heavy atom. The van der Waals surface area contributed by atoms with Gasteiger partial charge in [-0.3, -0.25) is 9.58 Å². The zero-order valence-corrected chi connectivity index (χ0v) is 18.3. The number of rotatable bonds is 6. The number of anilines is 2. The number of benzene rings is 3. The maximum absolute atomic E-state index is 13.2. The molecular weight excluding hydrogens is 417 g/mol. The maximum Gasteiger partial charge on any atom is 0.323 e. The number of nitrogens with two attached hydrogens (primary N) is 1. The molecule has 1 aliphatic heterocycles. The second-order valence-corrected chi connectivity index (χ2v) is 8.41. The van der Waals surface area contributed by atoms with Crippen molar-refractivity contribution in [3.05, 3.63) is 78.7 Å². The molecule has 7 heteroatoms. The van der Waals surface area contributed by atoms with Crippen LogP contribution in [0, 0.1) is 5.82 Å². The second-order valence-electron chi connectivity index (χ2n) is 8.41. The van der Waals surface area contributed by atoms with Crippen molar-refractivity contribution >= 4 is 28.3 Å². The van der Waals surface area contributed by atoms with Crippen LogP contribution in [0.4, 0.5) is 20.6 Å². The monoisotopic (exact) mass is 443 g/mol. The van der Waals surface area contributed by atoms with E-state index in [1.54, 1.807) is 12.1 Å². The summed E-state index contributed by atoms with van der Waals surface area (Å²) < 4.78 is 15.2. The van der Waals surface area contributed by atoms with E-state index in [-0.39, 0.29) is 5.82 Å². The van der Waals surface area contributed by atoms with E-state index in [9.17, 15) is 9.18 Å². The number of amides is 2. The lowest BCUT2D eigenvalue weighted by Crippen LogP contribution is -2.31. The average molecular weight is 444 g/mol. The number of halogens is 1. The van der Waals surface area contributed by atoms with E-state index in [2.05, 4.69) is 10.00 Å². The maximum atomic E-state index is 13.2. The molecule has 4 aromatic rings. The summed E-state index contributed by atoms with van der Waals surface area (Å²) >= 11 is 0. The predicted octanol–water partition coefficient (Wildman–Crippen LogP) is 5.16. The number of hydrogen-bond acceptors (Lipinski definition) is 3. The molecule has 33 heavy (non-hydrogen) atoms. The minimum atomic E-state index is -0.565. The van der Waals surface area contributed by atoms with Crippen LogP contribution in [-0.2, 0) is 6.54 Å². The van der Waals surface area contributed by atoms with Crippen molar-refractivity contribution < 1.29 is 9.18 Å². The zero-order chi connectivity index (χ0) is 22.8. The summed E-state index contributed by atoms with van der Waals surface area (Å²) in [6.45, 7) is 4.17. The zero-order valence-electron chi connectivity index (χ0n) is 18.3. The largest absolute Gasteiger partial charge is 0.351 e. The van der Waals surface area contributed by atoms with Crippen molar-refractivity contribution in [2.24, 2.45) is 5.73 Å². The standard InChI is InChI=1S/C26H26FN5O/c27-22-7-3-19(4-8-22)20-5-9-23(10-6-20)32(26(28)33)24-11-12-25-21(17-24)18-31(29-25)16-15-30-13-1-2-14-30/h3-12,17-18H,1-2,13-16H2,(H2,28,33). The molecule has 2 heterocycles. The Balaban J connectivity index is 1.38. The van der Waals surface area contributed by atoms with Gasteiger partial charge in [0.05, 0.1) is 23.4 Å². The van der Waals surface area contributed by atoms with Gasteiger partial charge in [-0.05, 0) is 79.5 Å². The van der Waals surface area contributed by atoms with E-state index in [4.69, 9.17) is 5.73 Å². The molecule has 3 aromatic carbocycles. The van der Waals surface area contributed by atoms with Gasteiger partial charge in [-0.2, -0.15) is 5.10 Å². The van der Waals surface area contributed by atoms with Gasteiger partial charge >= 0.3 is 6.03 Å². The molecule has 1 aliphatic rings. The summed E-state index contributed by atoms with van der Waals surface area (Å²) in [5.74, 6) is -0.273. The van der Waals surface area contributed by atoms with E-state index < -0.39 is 6.03 Å². The van der Waals surface area contributed by atoms with Crippen molar-refractivity contribution in [2.45, 2.75) is 19.4 Å². The number of likely N-dealkylation sites (tertiary alicyclic amines) is 1. The number of carbonyl (C=O) groups is 1. The molecule has 168 valence electrons. The molecule has 2 N–H and O–H groups in total. The van der Waals surface area contributed by atoms with Crippen LogP contribution in [0.5, 0.6) is 0 Å². The molecule has 0 aliphatic carbocycles. The van der Waals surface area contributed by atoms with E-state index >= 15 is 0 Å². The van der Waals surface area contributed by atoms with Gasteiger partial charge in [-0.15, -0.1) is 0 Å². The summed E-state index contributed by atoms with van der Waals surface area (Å²) in [7, 11) is 0. The van der Waals surface area contributed by atoms with Crippen LogP contribution in [-0.4, -0.2) is 40.3 Å². The topological polar surface area (TPSA) is 67.4 Å². The molecule has 6 nitrogen and oxygen atoms in total. The van der Waals surface area contributed by atoms with Crippen LogP contribution in [0.3, 0.4) is 0 Å². The molecule has 2 amide bonds. The molecule has 5 rings (SSSR count). The van der Waals surface area contributed by atoms with Gasteiger partial charge in [-0.1, -0.05) is 24.3 Å². The number of hydrogen-bond donors (Lipinski definition) is 1. The summed E-state index contributed by atoms with van der Waals surface area (Å²) in [5, 5.41) is 5.63. The molecule has 0 radical (unpaired) electrons. The fraction of sp³-hybridized carbons (Fsp3) is 0.231. The third kappa shape index (κ3) is 4.59. The van der Waals surface area contributed by atoms with E-state index in [1.807, 2.05) is 53.3 Å². The normalized spacial score (nSPS) is 14.1. The van der Waals surface area contributed by atoms with Gasteiger partial charge in [0.15, 0.2) is 0 Å². The minimum Gasteiger partial charge on any atom is -0.351 e. The van der Waals surface area contributed by atoms with Gasteiger partial charge in [0, 0.05) is 18.1 Å². The highest BCUT2D eigenvalue weighted by Gasteiger charge is 2.17. The van der Waals surface area contributed by atoms with Crippen LogP contribution >= 0.6 is 0 Å². The summed E-state index contributed by atoms with van der Waals surface area (Å²) in [5.41, 5.74) is 9.81. The van der Waals surface area contributed by atoms with Crippen LogP contribution in [0.1, 0.15) is 12.8 Å². The molecule has 1 saturated heterocycles. The van der Waals surface area contributed by atoms with Crippen molar-refractivity contribution in [3.8, 4) is 11.1 Å². The van der Waals surface area contributed by atoms with Gasteiger partial charge in [0.1, 0.15) is 5.82 Å². The number of fused-ring (bicyclic) bond motifs is 1. The lowest BCUT2D eigenvalue weighted by molar-refractivity contribution is 0.256. The van der Waals surface area contributed by atoms with E-state index in [1.165, 1.54) is 43.0 Å². The molecule has 1 fully saturated rings.